The summed E-state index contributed by atoms with van der Waals surface area (Å²) in [7, 11) is 0. The smallest absolute Gasteiger partial charge is 0.106 e. The van der Waals surface area contributed by atoms with Crippen molar-refractivity contribution < 1.29 is 4.74 Å². The van der Waals surface area contributed by atoms with E-state index in [2.05, 4.69) is 0 Å². The van der Waals surface area contributed by atoms with E-state index in [4.69, 9.17) is 4.74 Å². The van der Waals surface area contributed by atoms with E-state index in [9.17, 15) is 0 Å². The van der Waals surface area contributed by atoms with E-state index >= 15 is 0 Å². The molecule has 0 aliphatic carbocycles. The van der Waals surface area contributed by atoms with Gasteiger partial charge in [-0.1, -0.05) is 13.8 Å². The van der Waals surface area contributed by atoms with Crippen LogP contribution in [0, 0.1) is 5.92 Å². The molecule has 2 saturated heterocycles. The van der Waals surface area contributed by atoms with Crippen LogP contribution < -0.4 is 0 Å². The van der Waals surface area contributed by atoms with E-state index < -0.39 is 0 Å². The van der Waals surface area contributed by atoms with Crippen molar-refractivity contribution in [2.75, 3.05) is 12.4 Å². The summed E-state index contributed by atoms with van der Waals surface area (Å²) >= 11 is 1.99. The number of fused-ring (bicyclic) bond motifs is 1. The van der Waals surface area contributed by atoms with Gasteiger partial charge >= 0.3 is 0 Å². The zero-order valence-corrected chi connectivity index (χ0v) is 7.62. The molecule has 0 aromatic heterocycles. The summed E-state index contributed by atoms with van der Waals surface area (Å²) in [5.74, 6) is 2.25. The van der Waals surface area contributed by atoms with Gasteiger partial charge in [-0.15, -0.1) is 11.8 Å². The lowest BCUT2D eigenvalue weighted by atomic mass is 10.1. The predicted molar refractivity (Wildman–Crippen MR) is 46.3 cm³/mol. The average molecular weight is 160 g/mol. The predicted octanol–water partition coefficient (Wildman–Crippen LogP) is 2.51. The Morgan fingerprint density at radius 3 is 2.80 bits per heavy atom. The van der Waals surface area contributed by atoms with Gasteiger partial charge in [0.05, 0.1) is 0 Å². The number of thioether (sulfide) groups is 1. The van der Waals surface area contributed by atoms with Crippen molar-refractivity contribution in [1.29, 1.82) is 0 Å². The summed E-state index contributed by atoms with van der Waals surface area (Å²) in [6.07, 6.45) is 2.72. The van der Waals surface area contributed by atoms with Crippen molar-refractivity contribution in [1.82, 2.24) is 0 Å². The van der Waals surface area contributed by atoms with E-state index in [0.717, 1.165) is 12.5 Å². The SMILES string of the molecule is C1CC2CCSC2O1.CC. The Morgan fingerprint density at radius 2 is 2.10 bits per heavy atom. The first kappa shape index (κ1) is 8.41. The van der Waals surface area contributed by atoms with Gasteiger partial charge in [-0.2, -0.15) is 0 Å². The molecular weight excluding hydrogens is 144 g/mol. The van der Waals surface area contributed by atoms with Gasteiger partial charge in [0.2, 0.25) is 0 Å². The van der Waals surface area contributed by atoms with Crippen LogP contribution in [0.3, 0.4) is 0 Å². The summed E-state index contributed by atoms with van der Waals surface area (Å²) < 4.78 is 5.44. The third kappa shape index (κ3) is 1.67. The van der Waals surface area contributed by atoms with Crippen molar-refractivity contribution in [3.05, 3.63) is 0 Å². The molecule has 10 heavy (non-hydrogen) atoms. The summed E-state index contributed by atoms with van der Waals surface area (Å²) in [6.45, 7) is 5.02. The molecule has 0 radical (unpaired) electrons. The normalized spacial score (nSPS) is 36.6. The first-order valence-electron chi connectivity index (χ1n) is 4.20. The largest absolute Gasteiger partial charge is 0.367 e. The standard InChI is InChI=1S/C6H10OS.C2H6/c1-3-7-6-5(1)2-4-8-6;1-2/h5-6H,1-4H2;1-2H3. The molecule has 2 aliphatic heterocycles. The highest BCUT2D eigenvalue weighted by atomic mass is 32.2. The quantitative estimate of drug-likeness (QED) is 0.538. The van der Waals surface area contributed by atoms with E-state index in [0.29, 0.717) is 5.44 Å². The van der Waals surface area contributed by atoms with Crippen LogP contribution in [0.25, 0.3) is 0 Å². The Balaban J connectivity index is 0.000000231. The lowest BCUT2D eigenvalue weighted by Gasteiger charge is -2.03. The highest BCUT2D eigenvalue weighted by Crippen LogP contribution is 2.39. The van der Waals surface area contributed by atoms with Gasteiger partial charge in [-0.25, -0.2) is 0 Å². The molecule has 2 rings (SSSR count). The second-order valence-corrected chi connectivity index (χ2v) is 3.65. The maximum atomic E-state index is 5.44. The summed E-state index contributed by atoms with van der Waals surface area (Å²) in [5, 5.41) is 0. The highest BCUT2D eigenvalue weighted by Gasteiger charge is 2.32. The van der Waals surface area contributed by atoms with Crippen LogP contribution in [0.4, 0.5) is 0 Å². The van der Waals surface area contributed by atoms with Crippen LogP contribution in [0.1, 0.15) is 26.7 Å². The molecule has 2 fully saturated rings. The fraction of sp³-hybridized carbons (Fsp3) is 1.00. The summed E-state index contributed by atoms with van der Waals surface area (Å²) in [5.41, 5.74) is 0.593. The molecule has 2 unspecified atom stereocenters. The lowest BCUT2D eigenvalue weighted by molar-refractivity contribution is 0.163. The van der Waals surface area contributed by atoms with E-state index in [1.165, 1.54) is 18.6 Å². The zero-order chi connectivity index (χ0) is 7.40. The molecule has 1 nitrogen and oxygen atoms in total. The number of hydrogen-bond acceptors (Lipinski definition) is 2. The number of ether oxygens (including phenoxy) is 1. The minimum Gasteiger partial charge on any atom is -0.367 e. The average Bonchev–Trinajstić information content (AvgIpc) is 2.49. The molecule has 0 saturated carbocycles. The van der Waals surface area contributed by atoms with Crippen LogP contribution in [0.5, 0.6) is 0 Å². The Hall–Kier alpha value is 0.310. The van der Waals surface area contributed by atoms with Crippen molar-refractivity contribution in [2.24, 2.45) is 5.92 Å². The van der Waals surface area contributed by atoms with Gasteiger partial charge < -0.3 is 4.74 Å². The van der Waals surface area contributed by atoms with Gasteiger partial charge in [0.1, 0.15) is 5.44 Å². The molecule has 0 bridgehead atoms. The minimum absolute atomic E-state index is 0.593. The molecule has 60 valence electrons. The summed E-state index contributed by atoms with van der Waals surface area (Å²) in [6, 6.07) is 0. The molecule has 2 aliphatic rings. The Labute approximate surface area is 67.5 Å². The Kier molecular flexibility index (Phi) is 3.57. The molecular formula is C8H16OS. The maximum Gasteiger partial charge on any atom is 0.106 e. The number of rotatable bonds is 0. The fourth-order valence-corrected chi connectivity index (χ4v) is 2.82. The maximum absolute atomic E-state index is 5.44. The summed E-state index contributed by atoms with van der Waals surface area (Å²) in [4.78, 5) is 0. The van der Waals surface area contributed by atoms with Crippen LogP contribution in [-0.2, 0) is 4.74 Å². The second-order valence-electron chi connectivity index (χ2n) is 2.45. The van der Waals surface area contributed by atoms with Gasteiger partial charge in [0.25, 0.3) is 0 Å². The Morgan fingerprint density at radius 1 is 1.30 bits per heavy atom. The molecule has 0 aromatic rings. The molecule has 0 aromatic carbocycles. The third-order valence-electron chi connectivity index (χ3n) is 1.93. The lowest BCUT2D eigenvalue weighted by Crippen LogP contribution is -2.02. The first-order chi connectivity index (χ1) is 4.97. The van der Waals surface area contributed by atoms with E-state index in [1.54, 1.807) is 0 Å². The van der Waals surface area contributed by atoms with Crippen LogP contribution in [-0.4, -0.2) is 17.8 Å². The van der Waals surface area contributed by atoms with Gasteiger partial charge in [-0.3, -0.25) is 0 Å². The zero-order valence-electron chi connectivity index (χ0n) is 6.80. The number of hydrogen-bond donors (Lipinski definition) is 0. The Bertz CT molecular complexity index is 75.3. The van der Waals surface area contributed by atoms with Gasteiger partial charge in [0, 0.05) is 6.61 Å². The first-order valence-corrected chi connectivity index (χ1v) is 5.25. The van der Waals surface area contributed by atoms with Crippen LogP contribution >= 0.6 is 11.8 Å². The molecule has 2 atom stereocenters. The van der Waals surface area contributed by atoms with Gasteiger partial charge in [0.15, 0.2) is 0 Å². The highest BCUT2D eigenvalue weighted by molar-refractivity contribution is 8.00. The fourth-order valence-electron chi connectivity index (χ4n) is 1.41. The third-order valence-corrected chi connectivity index (χ3v) is 3.25. The monoisotopic (exact) mass is 160 g/mol. The van der Waals surface area contributed by atoms with Crippen LogP contribution in [0.2, 0.25) is 0 Å². The van der Waals surface area contributed by atoms with E-state index in [-0.39, 0.29) is 0 Å². The van der Waals surface area contributed by atoms with Crippen LogP contribution in [0.15, 0.2) is 0 Å². The molecule has 0 spiro atoms. The van der Waals surface area contributed by atoms with Crippen molar-refractivity contribution in [3.8, 4) is 0 Å². The minimum atomic E-state index is 0.593. The van der Waals surface area contributed by atoms with Crippen molar-refractivity contribution in [2.45, 2.75) is 32.1 Å². The van der Waals surface area contributed by atoms with Crippen molar-refractivity contribution in [3.63, 3.8) is 0 Å². The van der Waals surface area contributed by atoms with Gasteiger partial charge in [-0.05, 0) is 24.5 Å². The second kappa shape index (κ2) is 4.24. The topological polar surface area (TPSA) is 9.23 Å². The molecule has 2 heteroatoms. The molecule has 0 N–H and O–H groups in total. The molecule has 0 amide bonds. The molecule has 2 heterocycles. The van der Waals surface area contributed by atoms with Crippen molar-refractivity contribution >= 4 is 11.8 Å². The van der Waals surface area contributed by atoms with E-state index in [1.807, 2.05) is 25.6 Å².